The van der Waals surface area contributed by atoms with Crippen LogP contribution < -0.4 is 5.32 Å². The number of rotatable bonds is 0. The van der Waals surface area contributed by atoms with Crippen LogP contribution in [0.4, 0.5) is 0 Å². The van der Waals surface area contributed by atoms with E-state index >= 15 is 0 Å². The summed E-state index contributed by atoms with van der Waals surface area (Å²) in [5.74, 6) is 0. The molecule has 0 radical (unpaired) electrons. The maximum absolute atomic E-state index is 3.50. The van der Waals surface area contributed by atoms with Gasteiger partial charge >= 0.3 is 0 Å². The first-order valence-electron chi connectivity index (χ1n) is 4.84. The van der Waals surface area contributed by atoms with Gasteiger partial charge in [-0.2, -0.15) is 0 Å². The molecule has 0 unspecified atom stereocenters. The van der Waals surface area contributed by atoms with E-state index < -0.39 is 0 Å². The van der Waals surface area contributed by atoms with Crippen LogP contribution in [-0.4, -0.2) is 10.9 Å². The van der Waals surface area contributed by atoms with Crippen LogP contribution in [0.25, 0.3) is 5.52 Å². The van der Waals surface area contributed by atoms with E-state index in [2.05, 4.69) is 50.0 Å². The Morgan fingerprint density at radius 3 is 3.21 bits per heavy atom. The fraction of sp³-hybridized carbons (Fsp3) is 0.273. The molecule has 14 heavy (non-hydrogen) atoms. The Morgan fingerprint density at radius 2 is 2.29 bits per heavy atom. The first-order valence-corrected chi connectivity index (χ1v) is 5.63. The number of hydrogen-bond donors (Lipinski definition) is 1. The van der Waals surface area contributed by atoms with Crippen molar-refractivity contribution in [1.29, 1.82) is 0 Å². The standard InChI is InChI=1S/C11H11BrN2/c12-9-1-2-10-5-8-3-4-13-6-11(8)14(10)7-9/h1-2,5,7,13H,3-4,6H2. The Hall–Kier alpha value is -0.800. The minimum atomic E-state index is 0.986. The van der Waals surface area contributed by atoms with Crippen LogP contribution in [0.15, 0.2) is 28.9 Å². The lowest BCUT2D eigenvalue weighted by Crippen LogP contribution is -2.23. The van der Waals surface area contributed by atoms with Crippen LogP contribution in [0.5, 0.6) is 0 Å². The van der Waals surface area contributed by atoms with E-state index in [9.17, 15) is 0 Å². The Morgan fingerprint density at radius 1 is 1.36 bits per heavy atom. The maximum atomic E-state index is 3.50. The highest BCUT2D eigenvalue weighted by molar-refractivity contribution is 9.10. The molecule has 0 aliphatic carbocycles. The highest BCUT2D eigenvalue weighted by Crippen LogP contribution is 2.22. The summed E-state index contributed by atoms with van der Waals surface area (Å²) in [6.45, 7) is 2.09. The summed E-state index contributed by atoms with van der Waals surface area (Å²) in [4.78, 5) is 0. The van der Waals surface area contributed by atoms with E-state index in [1.807, 2.05) is 0 Å². The van der Waals surface area contributed by atoms with Gasteiger partial charge < -0.3 is 9.72 Å². The molecule has 1 aliphatic rings. The van der Waals surface area contributed by atoms with Crippen LogP contribution >= 0.6 is 15.9 Å². The molecule has 1 N–H and O–H groups in total. The Labute approximate surface area is 91.1 Å². The highest BCUT2D eigenvalue weighted by atomic mass is 79.9. The lowest BCUT2D eigenvalue weighted by atomic mass is 10.1. The van der Waals surface area contributed by atoms with Gasteiger partial charge in [0, 0.05) is 28.4 Å². The molecule has 0 aromatic carbocycles. The quantitative estimate of drug-likeness (QED) is 0.760. The van der Waals surface area contributed by atoms with Gasteiger partial charge in [0.15, 0.2) is 0 Å². The topological polar surface area (TPSA) is 16.4 Å². The van der Waals surface area contributed by atoms with E-state index in [1.165, 1.54) is 16.8 Å². The highest BCUT2D eigenvalue weighted by Gasteiger charge is 2.13. The summed E-state index contributed by atoms with van der Waals surface area (Å²) in [5, 5.41) is 3.40. The van der Waals surface area contributed by atoms with Gasteiger partial charge in [-0.25, -0.2) is 0 Å². The molecule has 2 nitrogen and oxygen atoms in total. The smallest absolute Gasteiger partial charge is 0.0457 e. The Bertz CT molecular complexity index is 487. The van der Waals surface area contributed by atoms with Crippen molar-refractivity contribution in [1.82, 2.24) is 9.72 Å². The van der Waals surface area contributed by atoms with Crippen LogP contribution in [0.3, 0.4) is 0 Å². The third-order valence-electron chi connectivity index (χ3n) is 2.79. The maximum Gasteiger partial charge on any atom is 0.0457 e. The number of nitrogens with one attached hydrogen (secondary N) is 1. The molecule has 0 amide bonds. The second-order valence-corrected chi connectivity index (χ2v) is 4.60. The molecule has 0 fully saturated rings. The zero-order chi connectivity index (χ0) is 9.54. The molecule has 3 rings (SSSR count). The predicted octanol–water partition coefficient (Wildman–Crippen LogP) is 2.35. The van der Waals surface area contributed by atoms with Gasteiger partial charge in [-0.1, -0.05) is 0 Å². The third-order valence-corrected chi connectivity index (χ3v) is 3.26. The lowest BCUT2D eigenvalue weighted by molar-refractivity contribution is 0.627. The molecule has 0 bridgehead atoms. The van der Waals surface area contributed by atoms with Gasteiger partial charge in [-0.3, -0.25) is 0 Å². The molecule has 3 heterocycles. The largest absolute Gasteiger partial charge is 0.318 e. The van der Waals surface area contributed by atoms with Crippen molar-refractivity contribution in [3.05, 3.63) is 40.1 Å². The van der Waals surface area contributed by atoms with E-state index in [0.29, 0.717) is 0 Å². The Kier molecular flexibility index (Phi) is 1.89. The van der Waals surface area contributed by atoms with Crippen molar-refractivity contribution < 1.29 is 0 Å². The minimum absolute atomic E-state index is 0.986. The summed E-state index contributed by atoms with van der Waals surface area (Å²) in [6.07, 6.45) is 3.29. The second-order valence-electron chi connectivity index (χ2n) is 3.69. The molecule has 2 aromatic rings. The summed E-state index contributed by atoms with van der Waals surface area (Å²) in [7, 11) is 0. The molecule has 0 spiro atoms. The van der Waals surface area contributed by atoms with Crippen molar-refractivity contribution in [3.63, 3.8) is 0 Å². The van der Waals surface area contributed by atoms with Crippen molar-refractivity contribution in [2.75, 3.05) is 6.54 Å². The van der Waals surface area contributed by atoms with Crippen molar-refractivity contribution >= 4 is 21.4 Å². The van der Waals surface area contributed by atoms with Gasteiger partial charge in [0.25, 0.3) is 0 Å². The van der Waals surface area contributed by atoms with Gasteiger partial charge in [0.1, 0.15) is 0 Å². The van der Waals surface area contributed by atoms with Crippen LogP contribution in [0, 0.1) is 0 Å². The van der Waals surface area contributed by atoms with E-state index in [0.717, 1.165) is 24.0 Å². The van der Waals surface area contributed by atoms with Crippen molar-refractivity contribution in [2.45, 2.75) is 13.0 Å². The molecule has 2 aromatic heterocycles. The molecule has 0 saturated heterocycles. The summed E-state index contributed by atoms with van der Waals surface area (Å²) >= 11 is 3.50. The molecule has 3 heteroatoms. The summed E-state index contributed by atoms with van der Waals surface area (Å²) < 4.78 is 3.40. The molecule has 72 valence electrons. The van der Waals surface area contributed by atoms with E-state index in [4.69, 9.17) is 0 Å². The summed E-state index contributed by atoms with van der Waals surface area (Å²) in [6, 6.07) is 6.54. The Balaban J connectivity index is 2.32. The zero-order valence-corrected chi connectivity index (χ0v) is 9.34. The first-order chi connectivity index (χ1) is 6.84. The molecule has 0 atom stereocenters. The molecule has 1 aliphatic heterocycles. The van der Waals surface area contributed by atoms with Crippen molar-refractivity contribution in [2.24, 2.45) is 0 Å². The summed E-state index contributed by atoms with van der Waals surface area (Å²) in [5.41, 5.74) is 4.19. The minimum Gasteiger partial charge on any atom is -0.318 e. The molecular weight excluding hydrogens is 240 g/mol. The zero-order valence-electron chi connectivity index (χ0n) is 7.76. The molecular formula is C11H11BrN2. The SMILES string of the molecule is Brc1ccc2cc3c(n2c1)CNCC3. The predicted molar refractivity (Wildman–Crippen MR) is 60.5 cm³/mol. The fourth-order valence-corrected chi connectivity index (χ4v) is 2.44. The van der Waals surface area contributed by atoms with Crippen LogP contribution in [0.2, 0.25) is 0 Å². The number of fused-ring (bicyclic) bond motifs is 3. The lowest BCUT2D eigenvalue weighted by Gasteiger charge is -2.13. The van der Waals surface area contributed by atoms with Gasteiger partial charge in [0.2, 0.25) is 0 Å². The monoisotopic (exact) mass is 250 g/mol. The average Bonchev–Trinajstić information content (AvgIpc) is 2.56. The van der Waals surface area contributed by atoms with Gasteiger partial charge in [-0.15, -0.1) is 0 Å². The average molecular weight is 251 g/mol. The third kappa shape index (κ3) is 1.20. The number of aromatic nitrogens is 1. The fourth-order valence-electron chi connectivity index (χ4n) is 2.10. The van der Waals surface area contributed by atoms with Crippen molar-refractivity contribution in [3.8, 4) is 0 Å². The number of nitrogens with zero attached hydrogens (tertiary/aromatic N) is 1. The van der Waals surface area contributed by atoms with Crippen LogP contribution in [0.1, 0.15) is 11.3 Å². The van der Waals surface area contributed by atoms with Gasteiger partial charge in [-0.05, 0) is 52.7 Å². The number of pyridine rings is 1. The molecule has 0 saturated carbocycles. The van der Waals surface area contributed by atoms with Crippen LogP contribution in [-0.2, 0) is 13.0 Å². The first kappa shape index (κ1) is 8.50. The van der Waals surface area contributed by atoms with E-state index in [1.54, 1.807) is 0 Å². The number of halogens is 1. The normalized spacial score (nSPS) is 15.8. The second kappa shape index (κ2) is 3.11. The van der Waals surface area contributed by atoms with Gasteiger partial charge in [0.05, 0.1) is 0 Å². The van der Waals surface area contributed by atoms with E-state index in [-0.39, 0.29) is 0 Å². The number of hydrogen-bond acceptors (Lipinski definition) is 1.